The number of H-pyrrole nitrogens is 1. The van der Waals surface area contributed by atoms with E-state index < -0.39 is 11.5 Å². The first-order valence-corrected chi connectivity index (χ1v) is 6.65. The monoisotopic (exact) mass is 311 g/mol. The van der Waals surface area contributed by atoms with Crippen LogP contribution in [0.3, 0.4) is 0 Å². The average Bonchev–Trinajstić information content (AvgIpc) is 2.85. The minimum Gasteiger partial charge on any atom is -0.442 e. The van der Waals surface area contributed by atoms with Gasteiger partial charge in [0.05, 0.1) is 6.67 Å². The van der Waals surface area contributed by atoms with Crippen LogP contribution >= 0.6 is 0 Å². The van der Waals surface area contributed by atoms with E-state index in [9.17, 15) is 14.4 Å². The van der Waals surface area contributed by atoms with Crippen molar-refractivity contribution in [2.24, 2.45) is 0 Å². The molecule has 0 aromatic carbocycles. The molecule has 0 spiro atoms. The molecule has 1 aromatic heterocycles. The van der Waals surface area contributed by atoms with Crippen molar-refractivity contribution in [3.63, 3.8) is 0 Å². The SMILES string of the molecule is CCOCC(=O)OCN1CNc2c1nc(NC(C)=O)[nH]c2=O. The zero-order valence-electron chi connectivity index (χ0n) is 12.3. The largest absolute Gasteiger partial charge is 0.442 e. The summed E-state index contributed by atoms with van der Waals surface area (Å²) in [5, 5.41) is 5.25. The molecule has 2 rings (SSSR count). The van der Waals surface area contributed by atoms with Gasteiger partial charge in [-0.25, -0.2) is 4.79 Å². The van der Waals surface area contributed by atoms with E-state index in [1.54, 1.807) is 11.8 Å². The molecule has 3 N–H and O–H groups in total. The number of aromatic amines is 1. The highest BCUT2D eigenvalue weighted by molar-refractivity contribution is 5.87. The number of carbonyl (C=O) groups excluding carboxylic acids is 2. The summed E-state index contributed by atoms with van der Waals surface area (Å²) in [6, 6.07) is 0. The van der Waals surface area contributed by atoms with E-state index in [2.05, 4.69) is 20.6 Å². The minimum atomic E-state index is -0.512. The van der Waals surface area contributed by atoms with E-state index in [-0.39, 0.29) is 37.5 Å². The molecule has 0 atom stereocenters. The van der Waals surface area contributed by atoms with Crippen molar-refractivity contribution < 1.29 is 19.1 Å². The van der Waals surface area contributed by atoms with Crippen LogP contribution in [0.2, 0.25) is 0 Å². The predicted molar refractivity (Wildman–Crippen MR) is 77.6 cm³/mol. The number of nitrogens with one attached hydrogen (secondary N) is 3. The maximum absolute atomic E-state index is 11.9. The minimum absolute atomic E-state index is 0.0330. The zero-order valence-corrected chi connectivity index (χ0v) is 12.3. The smallest absolute Gasteiger partial charge is 0.333 e. The first kappa shape index (κ1) is 15.8. The number of carbonyl (C=O) groups is 2. The molecule has 1 aliphatic heterocycles. The number of esters is 1. The molecule has 22 heavy (non-hydrogen) atoms. The van der Waals surface area contributed by atoms with E-state index in [1.165, 1.54) is 6.92 Å². The number of hydrogen-bond acceptors (Lipinski definition) is 8. The molecule has 120 valence electrons. The first-order chi connectivity index (χ1) is 10.5. The van der Waals surface area contributed by atoms with Crippen LogP contribution in [-0.2, 0) is 19.1 Å². The van der Waals surface area contributed by atoms with Gasteiger partial charge in [0.2, 0.25) is 11.9 Å². The van der Waals surface area contributed by atoms with Gasteiger partial charge in [0.15, 0.2) is 12.5 Å². The highest BCUT2D eigenvalue weighted by Gasteiger charge is 2.25. The quantitative estimate of drug-likeness (QED) is 0.598. The van der Waals surface area contributed by atoms with Gasteiger partial charge in [-0.2, -0.15) is 4.98 Å². The fourth-order valence-corrected chi connectivity index (χ4v) is 1.81. The van der Waals surface area contributed by atoms with E-state index in [0.717, 1.165) is 0 Å². The lowest BCUT2D eigenvalue weighted by molar-refractivity contribution is -0.148. The highest BCUT2D eigenvalue weighted by Crippen LogP contribution is 2.25. The average molecular weight is 311 g/mol. The Kier molecular flexibility index (Phi) is 4.94. The zero-order chi connectivity index (χ0) is 16.1. The molecule has 1 aliphatic rings. The molecule has 1 amide bonds. The maximum atomic E-state index is 11.9. The van der Waals surface area contributed by atoms with E-state index in [1.807, 2.05) is 0 Å². The van der Waals surface area contributed by atoms with Crippen molar-refractivity contribution >= 4 is 29.3 Å². The third-order valence-corrected chi connectivity index (χ3v) is 2.75. The lowest BCUT2D eigenvalue weighted by atomic mass is 10.5. The second kappa shape index (κ2) is 6.89. The van der Waals surface area contributed by atoms with Crippen LogP contribution in [-0.4, -0.2) is 48.5 Å². The molecular formula is C12H17N5O5. The second-order valence-electron chi connectivity index (χ2n) is 4.45. The van der Waals surface area contributed by atoms with Crippen molar-refractivity contribution in [3.8, 4) is 0 Å². The molecule has 0 radical (unpaired) electrons. The van der Waals surface area contributed by atoms with Gasteiger partial charge >= 0.3 is 5.97 Å². The predicted octanol–water partition coefficient (Wildman–Crippen LogP) is -0.545. The third-order valence-electron chi connectivity index (χ3n) is 2.75. The van der Waals surface area contributed by atoms with Gasteiger partial charge in [-0.3, -0.25) is 19.9 Å². The van der Waals surface area contributed by atoms with Crippen molar-refractivity contribution in [2.75, 3.05) is 42.1 Å². The van der Waals surface area contributed by atoms with Gasteiger partial charge in [0.25, 0.3) is 5.56 Å². The maximum Gasteiger partial charge on any atom is 0.333 e. The molecule has 0 bridgehead atoms. The lowest BCUT2D eigenvalue weighted by Crippen LogP contribution is -2.29. The molecule has 0 saturated carbocycles. The Balaban J connectivity index is 2.07. The molecule has 0 saturated heterocycles. The van der Waals surface area contributed by atoms with Gasteiger partial charge in [0.1, 0.15) is 12.3 Å². The van der Waals surface area contributed by atoms with Gasteiger partial charge < -0.3 is 19.7 Å². The summed E-state index contributed by atoms with van der Waals surface area (Å²) in [7, 11) is 0. The van der Waals surface area contributed by atoms with Crippen LogP contribution in [0.15, 0.2) is 4.79 Å². The Bertz CT molecular complexity index is 629. The summed E-state index contributed by atoms with van der Waals surface area (Å²) >= 11 is 0. The van der Waals surface area contributed by atoms with Gasteiger partial charge in [-0.05, 0) is 6.92 Å². The summed E-state index contributed by atoms with van der Waals surface area (Å²) in [6.45, 7) is 3.54. The summed E-state index contributed by atoms with van der Waals surface area (Å²) < 4.78 is 9.96. The summed E-state index contributed by atoms with van der Waals surface area (Å²) in [4.78, 5) is 42.4. The van der Waals surface area contributed by atoms with Crippen molar-refractivity contribution in [3.05, 3.63) is 10.4 Å². The van der Waals surface area contributed by atoms with Crippen LogP contribution in [0.25, 0.3) is 0 Å². The Morgan fingerprint density at radius 1 is 1.45 bits per heavy atom. The summed E-state index contributed by atoms with van der Waals surface area (Å²) in [5.41, 5.74) is -0.160. The van der Waals surface area contributed by atoms with Gasteiger partial charge in [-0.15, -0.1) is 0 Å². The summed E-state index contributed by atoms with van der Waals surface area (Å²) in [6.07, 6.45) is 0. The Morgan fingerprint density at radius 3 is 2.91 bits per heavy atom. The van der Waals surface area contributed by atoms with Crippen LogP contribution in [0.4, 0.5) is 17.5 Å². The third kappa shape index (κ3) is 3.73. The molecule has 10 heteroatoms. The number of fused-ring (bicyclic) bond motifs is 1. The standard InChI is InChI=1S/C12H17N5O5/c1-3-21-4-8(19)22-6-17-5-13-9-10(17)15-12(14-7(2)18)16-11(9)20/h13H,3-6H2,1-2H3,(H2,14,15,16,18,20). The van der Waals surface area contributed by atoms with Gasteiger partial charge in [-0.1, -0.05) is 0 Å². The van der Waals surface area contributed by atoms with Crippen LogP contribution in [0.1, 0.15) is 13.8 Å². The number of anilines is 3. The van der Waals surface area contributed by atoms with Crippen LogP contribution in [0.5, 0.6) is 0 Å². The van der Waals surface area contributed by atoms with E-state index in [0.29, 0.717) is 12.4 Å². The molecular weight excluding hydrogens is 294 g/mol. The van der Waals surface area contributed by atoms with E-state index in [4.69, 9.17) is 9.47 Å². The molecule has 2 heterocycles. The highest BCUT2D eigenvalue weighted by atomic mass is 16.6. The Morgan fingerprint density at radius 2 is 2.23 bits per heavy atom. The second-order valence-corrected chi connectivity index (χ2v) is 4.45. The molecule has 0 fully saturated rings. The fourth-order valence-electron chi connectivity index (χ4n) is 1.81. The van der Waals surface area contributed by atoms with Crippen molar-refractivity contribution in [1.82, 2.24) is 9.97 Å². The molecule has 10 nitrogen and oxygen atoms in total. The molecule has 1 aromatic rings. The molecule has 0 aliphatic carbocycles. The number of amides is 1. The van der Waals surface area contributed by atoms with Crippen LogP contribution in [0, 0.1) is 0 Å². The van der Waals surface area contributed by atoms with E-state index >= 15 is 0 Å². The lowest BCUT2D eigenvalue weighted by Gasteiger charge is -2.17. The first-order valence-electron chi connectivity index (χ1n) is 6.65. The fraction of sp³-hybridized carbons (Fsp3) is 0.500. The van der Waals surface area contributed by atoms with Crippen molar-refractivity contribution in [2.45, 2.75) is 13.8 Å². The number of hydrogen-bond donors (Lipinski definition) is 3. The Hall–Kier alpha value is -2.62. The number of nitrogens with zero attached hydrogens (tertiary/aromatic N) is 2. The topological polar surface area (TPSA) is 126 Å². The van der Waals surface area contributed by atoms with Crippen molar-refractivity contribution in [1.29, 1.82) is 0 Å². The van der Waals surface area contributed by atoms with Crippen LogP contribution < -0.4 is 21.1 Å². The van der Waals surface area contributed by atoms with Gasteiger partial charge in [0, 0.05) is 13.5 Å². The number of rotatable bonds is 6. The Labute approximate surface area is 125 Å². The number of aromatic nitrogens is 2. The molecule has 0 unspecified atom stereocenters. The normalized spacial score (nSPS) is 12.5. The summed E-state index contributed by atoms with van der Waals surface area (Å²) in [5.74, 6) is -0.534. The number of ether oxygens (including phenoxy) is 2.